The standard InChI is InChI=1S/C17H22N4/c1-12-17(20-14-7-3-2-6-13(14)19-12)21-11-5-9-16(21)15-8-4-10-18-15/h2-3,6-7,15-16,18H,4-5,8-11H2,1H3. The highest BCUT2D eigenvalue weighted by Gasteiger charge is 2.34. The molecule has 2 unspecified atom stereocenters. The zero-order chi connectivity index (χ0) is 14.2. The van der Waals surface area contributed by atoms with E-state index in [4.69, 9.17) is 9.97 Å². The van der Waals surface area contributed by atoms with Crippen molar-refractivity contribution < 1.29 is 0 Å². The maximum Gasteiger partial charge on any atom is 0.151 e. The number of nitrogens with one attached hydrogen (secondary N) is 1. The molecular formula is C17H22N4. The smallest absolute Gasteiger partial charge is 0.151 e. The van der Waals surface area contributed by atoms with Gasteiger partial charge in [0.1, 0.15) is 0 Å². The van der Waals surface area contributed by atoms with Crippen LogP contribution in [0.25, 0.3) is 11.0 Å². The van der Waals surface area contributed by atoms with Gasteiger partial charge in [0.2, 0.25) is 0 Å². The van der Waals surface area contributed by atoms with Gasteiger partial charge in [-0.1, -0.05) is 12.1 Å². The molecule has 2 saturated heterocycles. The Kier molecular flexibility index (Phi) is 3.26. The van der Waals surface area contributed by atoms with Crippen LogP contribution < -0.4 is 10.2 Å². The molecule has 2 aliphatic heterocycles. The van der Waals surface area contributed by atoms with Crippen LogP contribution in [0.15, 0.2) is 24.3 Å². The van der Waals surface area contributed by atoms with Crippen LogP contribution in [-0.4, -0.2) is 35.1 Å². The summed E-state index contributed by atoms with van der Waals surface area (Å²) in [6, 6.07) is 9.37. The Hall–Kier alpha value is -1.68. The quantitative estimate of drug-likeness (QED) is 0.919. The van der Waals surface area contributed by atoms with Crippen molar-refractivity contribution in [3.63, 3.8) is 0 Å². The van der Waals surface area contributed by atoms with E-state index in [2.05, 4.69) is 23.2 Å². The number of hydrogen-bond donors (Lipinski definition) is 1. The lowest BCUT2D eigenvalue weighted by atomic mass is 10.0. The van der Waals surface area contributed by atoms with Crippen LogP contribution in [0.3, 0.4) is 0 Å². The average Bonchev–Trinajstić information content (AvgIpc) is 3.17. The molecule has 0 amide bonds. The molecule has 2 fully saturated rings. The molecule has 4 rings (SSSR count). The Bertz CT molecular complexity index is 648. The first kappa shape index (κ1) is 13.0. The lowest BCUT2D eigenvalue weighted by Gasteiger charge is -2.31. The van der Waals surface area contributed by atoms with Gasteiger partial charge < -0.3 is 10.2 Å². The number of aromatic nitrogens is 2. The van der Waals surface area contributed by atoms with E-state index in [1.165, 1.54) is 25.7 Å². The second-order valence-electron chi connectivity index (χ2n) is 6.23. The summed E-state index contributed by atoms with van der Waals surface area (Å²) in [6.45, 7) is 4.36. The molecule has 0 spiro atoms. The summed E-state index contributed by atoms with van der Waals surface area (Å²) < 4.78 is 0. The van der Waals surface area contributed by atoms with Gasteiger partial charge in [0.15, 0.2) is 5.82 Å². The minimum absolute atomic E-state index is 0.585. The Morgan fingerprint density at radius 1 is 1.10 bits per heavy atom. The van der Waals surface area contributed by atoms with Gasteiger partial charge in [-0.2, -0.15) is 0 Å². The number of anilines is 1. The molecule has 0 aliphatic carbocycles. The van der Waals surface area contributed by atoms with E-state index in [-0.39, 0.29) is 0 Å². The molecule has 4 heteroatoms. The predicted molar refractivity (Wildman–Crippen MR) is 85.7 cm³/mol. The molecule has 1 aromatic carbocycles. The molecule has 4 nitrogen and oxygen atoms in total. The van der Waals surface area contributed by atoms with Crippen molar-refractivity contribution in [1.29, 1.82) is 0 Å². The topological polar surface area (TPSA) is 41.1 Å². The van der Waals surface area contributed by atoms with Crippen molar-refractivity contribution in [3.8, 4) is 0 Å². The predicted octanol–water partition coefficient (Wildman–Crippen LogP) is 2.66. The second-order valence-corrected chi connectivity index (χ2v) is 6.23. The number of para-hydroxylation sites is 2. The monoisotopic (exact) mass is 282 g/mol. The molecule has 3 heterocycles. The van der Waals surface area contributed by atoms with Crippen LogP contribution in [0.5, 0.6) is 0 Å². The van der Waals surface area contributed by atoms with Gasteiger partial charge in [-0.05, 0) is 51.3 Å². The highest BCUT2D eigenvalue weighted by molar-refractivity contribution is 5.76. The van der Waals surface area contributed by atoms with Crippen molar-refractivity contribution in [2.75, 3.05) is 18.0 Å². The third-order valence-electron chi connectivity index (χ3n) is 4.85. The number of benzene rings is 1. The van der Waals surface area contributed by atoms with Crippen LogP contribution in [0.4, 0.5) is 5.82 Å². The van der Waals surface area contributed by atoms with E-state index < -0.39 is 0 Å². The summed E-state index contributed by atoms with van der Waals surface area (Å²) >= 11 is 0. The molecule has 1 N–H and O–H groups in total. The van der Waals surface area contributed by atoms with Gasteiger partial charge in [0, 0.05) is 18.6 Å². The Balaban J connectivity index is 1.72. The molecular weight excluding hydrogens is 260 g/mol. The van der Waals surface area contributed by atoms with Gasteiger partial charge in [-0.25, -0.2) is 9.97 Å². The Morgan fingerprint density at radius 3 is 2.67 bits per heavy atom. The third-order valence-corrected chi connectivity index (χ3v) is 4.85. The SMILES string of the molecule is Cc1nc2ccccc2nc1N1CCCC1C1CCCN1. The third kappa shape index (κ3) is 2.27. The first-order valence-electron chi connectivity index (χ1n) is 8.06. The summed E-state index contributed by atoms with van der Waals surface area (Å²) in [5.74, 6) is 1.09. The minimum atomic E-state index is 0.585. The molecule has 0 saturated carbocycles. The van der Waals surface area contributed by atoms with E-state index in [0.29, 0.717) is 12.1 Å². The molecule has 1 aromatic heterocycles. The van der Waals surface area contributed by atoms with Crippen molar-refractivity contribution >= 4 is 16.9 Å². The number of hydrogen-bond acceptors (Lipinski definition) is 4. The Morgan fingerprint density at radius 2 is 1.90 bits per heavy atom. The minimum Gasteiger partial charge on any atom is -0.351 e. The summed E-state index contributed by atoms with van der Waals surface area (Å²) in [6.07, 6.45) is 5.13. The maximum atomic E-state index is 4.91. The molecule has 21 heavy (non-hydrogen) atoms. The van der Waals surface area contributed by atoms with Gasteiger partial charge in [0.25, 0.3) is 0 Å². The zero-order valence-electron chi connectivity index (χ0n) is 12.5. The lowest BCUT2D eigenvalue weighted by Crippen LogP contribution is -2.44. The highest BCUT2D eigenvalue weighted by Crippen LogP contribution is 2.31. The summed E-state index contributed by atoms with van der Waals surface area (Å²) in [7, 11) is 0. The fraction of sp³-hybridized carbons (Fsp3) is 0.529. The van der Waals surface area contributed by atoms with Gasteiger partial charge in [0.05, 0.1) is 16.7 Å². The van der Waals surface area contributed by atoms with E-state index in [9.17, 15) is 0 Å². The van der Waals surface area contributed by atoms with Gasteiger partial charge in [-0.15, -0.1) is 0 Å². The number of nitrogens with zero attached hydrogens (tertiary/aromatic N) is 3. The summed E-state index contributed by atoms with van der Waals surface area (Å²) in [4.78, 5) is 12.2. The van der Waals surface area contributed by atoms with Crippen molar-refractivity contribution in [1.82, 2.24) is 15.3 Å². The molecule has 2 aliphatic rings. The van der Waals surface area contributed by atoms with Crippen LogP contribution in [-0.2, 0) is 0 Å². The van der Waals surface area contributed by atoms with Crippen molar-refractivity contribution in [3.05, 3.63) is 30.0 Å². The first-order valence-corrected chi connectivity index (χ1v) is 8.06. The molecule has 110 valence electrons. The van der Waals surface area contributed by atoms with E-state index in [1.54, 1.807) is 0 Å². The van der Waals surface area contributed by atoms with E-state index >= 15 is 0 Å². The Labute approximate surface area is 125 Å². The van der Waals surface area contributed by atoms with Gasteiger partial charge in [-0.3, -0.25) is 0 Å². The normalized spacial score (nSPS) is 25.9. The molecule has 2 atom stereocenters. The summed E-state index contributed by atoms with van der Waals surface area (Å²) in [5, 5.41) is 3.67. The largest absolute Gasteiger partial charge is 0.351 e. The molecule has 0 bridgehead atoms. The van der Waals surface area contributed by atoms with Crippen LogP contribution in [0, 0.1) is 6.92 Å². The van der Waals surface area contributed by atoms with Gasteiger partial charge >= 0.3 is 0 Å². The van der Waals surface area contributed by atoms with Crippen LogP contribution >= 0.6 is 0 Å². The fourth-order valence-corrected chi connectivity index (χ4v) is 3.86. The second kappa shape index (κ2) is 5.26. The zero-order valence-corrected chi connectivity index (χ0v) is 12.5. The highest BCUT2D eigenvalue weighted by atomic mass is 15.3. The number of aryl methyl sites for hydroxylation is 1. The van der Waals surface area contributed by atoms with Crippen molar-refractivity contribution in [2.45, 2.75) is 44.7 Å². The number of fused-ring (bicyclic) bond motifs is 1. The molecule has 0 radical (unpaired) electrons. The first-order chi connectivity index (χ1) is 10.3. The van der Waals surface area contributed by atoms with E-state index in [1.807, 2.05) is 18.2 Å². The van der Waals surface area contributed by atoms with Crippen LogP contribution in [0.1, 0.15) is 31.4 Å². The molecule has 2 aromatic rings. The van der Waals surface area contributed by atoms with E-state index in [0.717, 1.165) is 35.6 Å². The number of rotatable bonds is 2. The average molecular weight is 282 g/mol. The lowest BCUT2D eigenvalue weighted by molar-refractivity contribution is 0.480. The van der Waals surface area contributed by atoms with Crippen LogP contribution in [0.2, 0.25) is 0 Å². The summed E-state index contributed by atoms with van der Waals surface area (Å²) in [5.41, 5.74) is 3.05. The van der Waals surface area contributed by atoms with Crippen molar-refractivity contribution in [2.24, 2.45) is 0 Å². The fourth-order valence-electron chi connectivity index (χ4n) is 3.86. The maximum absolute atomic E-state index is 4.91.